The third-order valence-electron chi connectivity index (χ3n) is 4.73. The molecule has 2 aliphatic rings. The Morgan fingerprint density at radius 3 is 3.08 bits per heavy atom. The van der Waals surface area contributed by atoms with Crippen molar-refractivity contribution in [2.75, 3.05) is 19.7 Å². The lowest BCUT2D eigenvalue weighted by Crippen LogP contribution is -2.34. The molecule has 0 spiro atoms. The summed E-state index contributed by atoms with van der Waals surface area (Å²) in [4.78, 5) is 13.9. The molecule has 25 heavy (non-hydrogen) atoms. The van der Waals surface area contributed by atoms with Crippen molar-refractivity contribution in [2.45, 2.75) is 13.0 Å². The molecule has 6 nitrogen and oxygen atoms in total. The molecule has 130 valence electrons. The smallest absolute Gasteiger partial charge is 0.269 e. The van der Waals surface area contributed by atoms with Gasteiger partial charge in [0.25, 0.3) is 5.91 Å². The average Bonchev–Trinajstić information content (AvgIpc) is 2.91. The summed E-state index contributed by atoms with van der Waals surface area (Å²) in [5, 5.41) is 4.97. The van der Waals surface area contributed by atoms with Gasteiger partial charge in [0.1, 0.15) is 12.4 Å². The molecule has 1 aromatic carbocycles. The Bertz CT molecular complexity index is 887. The highest BCUT2D eigenvalue weighted by Gasteiger charge is 2.27. The molecule has 1 amide bonds. The molecule has 0 saturated heterocycles. The number of benzene rings is 1. The van der Waals surface area contributed by atoms with Crippen LogP contribution in [0.25, 0.3) is 6.08 Å². The van der Waals surface area contributed by atoms with Crippen LogP contribution in [0.15, 0.2) is 23.8 Å². The zero-order valence-corrected chi connectivity index (χ0v) is 14.7. The molecule has 4 rings (SSSR count). The molecule has 0 unspecified atom stereocenters. The Labute approximate surface area is 150 Å². The van der Waals surface area contributed by atoms with Crippen LogP contribution in [0.2, 0.25) is 5.02 Å². The number of aromatic nitrogens is 2. The molecule has 2 N–H and O–H groups in total. The van der Waals surface area contributed by atoms with E-state index in [0.717, 1.165) is 42.1 Å². The van der Waals surface area contributed by atoms with Crippen LogP contribution in [0.4, 0.5) is 0 Å². The number of aryl methyl sites for hydroxylation is 1. The molecule has 0 saturated carbocycles. The van der Waals surface area contributed by atoms with Gasteiger partial charge in [0.2, 0.25) is 0 Å². The minimum Gasteiger partial charge on any atom is -0.489 e. The Balaban J connectivity index is 1.54. The predicted octanol–water partition coefficient (Wildman–Crippen LogP) is 2.01. The van der Waals surface area contributed by atoms with Crippen molar-refractivity contribution in [3.05, 3.63) is 51.3 Å². The fourth-order valence-corrected chi connectivity index (χ4v) is 3.74. The highest BCUT2D eigenvalue weighted by molar-refractivity contribution is 6.30. The third-order valence-corrected chi connectivity index (χ3v) is 4.96. The largest absolute Gasteiger partial charge is 0.489 e. The first-order chi connectivity index (χ1) is 12.0. The van der Waals surface area contributed by atoms with Crippen molar-refractivity contribution < 1.29 is 9.53 Å². The molecule has 1 aromatic heterocycles. The highest BCUT2D eigenvalue weighted by Crippen LogP contribution is 2.30. The average molecular weight is 359 g/mol. The zero-order chi connectivity index (χ0) is 17.6. The number of nitrogens with two attached hydrogens (primary N) is 1. The lowest BCUT2D eigenvalue weighted by molar-refractivity contribution is 0.0992. The maximum absolute atomic E-state index is 11.6. The maximum Gasteiger partial charge on any atom is 0.269 e. The number of fused-ring (bicyclic) bond motifs is 2. The van der Waals surface area contributed by atoms with Gasteiger partial charge in [0, 0.05) is 54.9 Å². The highest BCUT2D eigenvalue weighted by atomic mass is 35.5. The van der Waals surface area contributed by atoms with Gasteiger partial charge in [-0.15, -0.1) is 0 Å². The minimum absolute atomic E-state index is 0.383. The van der Waals surface area contributed by atoms with Crippen LogP contribution in [0.1, 0.15) is 27.3 Å². The number of amides is 1. The molecule has 7 heteroatoms. The number of carbonyl (C=O) groups excluding carboxylic acids is 1. The van der Waals surface area contributed by atoms with Crippen molar-refractivity contribution in [1.82, 2.24) is 14.7 Å². The summed E-state index contributed by atoms with van der Waals surface area (Å²) in [6.45, 7) is 2.91. The summed E-state index contributed by atoms with van der Waals surface area (Å²) in [5.41, 5.74) is 10.1. The van der Waals surface area contributed by atoms with E-state index in [1.807, 2.05) is 25.2 Å². The molecular weight excluding hydrogens is 340 g/mol. The first kappa shape index (κ1) is 16.2. The van der Waals surface area contributed by atoms with Gasteiger partial charge >= 0.3 is 0 Å². The van der Waals surface area contributed by atoms with Gasteiger partial charge in [-0.25, -0.2) is 0 Å². The molecular formula is C18H19ClN4O2. The first-order valence-electron chi connectivity index (χ1n) is 8.20. The quantitative estimate of drug-likeness (QED) is 0.910. The van der Waals surface area contributed by atoms with Gasteiger partial charge < -0.3 is 10.5 Å². The minimum atomic E-state index is -0.470. The number of hydrogen-bond acceptors (Lipinski definition) is 4. The van der Waals surface area contributed by atoms with E-state index in [1.165, 1.54) is 5.57 Å². The van der Waals surface area contributed by atoms with Gasteiger partial charge in [-0.05, 0) is 29.8 Å². The maximum atomic E-state index is 11.6. The van der Waals surface area contributed by atoms with E-state index in [2.05, 4.69) is 16.1 Å². The summed E-state index contributed by atoms with van der Waals surface area (Å²) in [7, 11) is 1.86. The van der Waals surface area contributed by atoms with Crippen LogP contribution in [-0.2, 0) is 20.0 Å². The fourth-order valence-electron chi connectivity index (χ4n) is 3.56. The van der Waals surface area contributed by atoms with Crippen LogP contribution in [-0.4, -0.2) is 40.3 Å². The summed E-state index contributed by atoms with van der Waals surface area (Å²) < 4.78 is 7.60. The number of ether oxygens (including phenoxy) is 1. The van der Waals surface area contributed by atoms with E-state index in [-0.39, 0.29) is 0 Å². The molecule has 0 atom stereocenters. The van der Waals surface area contributed by atoms with Gasteiger partial charge in [-0.2, -0.15) is 5.10 Å². The lowest BCUT2D eigenvalue weighted by Gasteiger charge is -2.29. The number of hydrogen-bond donors (Lipinski definition) is 1. The number of halogens is 1. The van der Waals surface area contributed by atoms with Crippen LogP contribution in [0.3, 0.4) is 0 Å². The zero-order valence-electron chi connectivity index (χ0n) is 14.0. The number of carbonyl (C=O) groups is 1. The van der Waals surface area contributed by atoms with Crippen molar-refractivity contribution >= 4 is 23.6 Å². The summed E-state index contributed by atoms with van der Waals surface area (Å²) in [6.07, 6.45) is 2.99. The Kier molecular flexibility index (Phi) is 4.01. The van der Waals surface area contributed by atoms with E-state index in [1.54, 1.807) is 4.68 Å². The van der Waals surface area contributed by atoms with Gasteiger partial charge in [0.15, 0.2) is 5.69 Å². The summed E-state index contributed by atoms with van der Waals surface area (Å²) >= 11 is 6.07. The standard InChI is InChI=1S/C18H19ClN4O2/c1-22-15-4-5-23(9-14(15)17(21-22)18(20)24)8-11-6-12-7-13(19)2-3-16(12)25-10-11/h2-3,6-7H,4-5,8-10H2,1H3,(H2,20,24). The SMILES string of the molecule is Cn1nc(C(N)=O)c2c1CCN(CC1=Cc3cc(Cl)ccc3OC1)C2. The fraction of sp³-hybridized carbons (Fsp3) is 0.333. The van der Waals surface area contributed by atoms with Gasteiger partial charge in [-0.3, -0.25) is 14.4 Å². The molecule has 0 bridgehead atoms. The molecule has 0 aliphatic carbocycles. The Morgan fingerprint density at radius 2 is 2.28 bits per heavy atom. The van der Waals surface area contributed by atoms with Crippen LogP contribution < -0.4 is 10.5 Å². The van der Waals surface area contributed by atoms with Crippen LogP contribution >= 0.6 is 11.6 Å². The van der Waals surface area contributed by atoms with Crippen LogP contribution in [0, 0.1) is 0 Å². The summed E-state index contributed by atoms with van der Waals surface area (Å²) in [5.74, 6) is 0.389. The Morgan fingerprint density at radius 1 is 1.44 bits per heavy atom. The molecule has 0 radical (unpaired) electrons. The molecule has 0 fully saturated rings. The van der Waals surface area contributed by atoms with E-state index in [0.29, 0.717) is 23.9 Å². The number of rotatable bonds is 3. The molecule has 3 heterocycles. The summed E-state index contributed by atoms with van der Waals surface area (Å²) in [6, 6.07) is 5.64. The third kappa shape index (κ3) is 3.03. The molecule has 2 aromatic rings. The van der Waals surface area contributed by atoms with Crippen LogP contribution in [0.5, 0.6) is 5.75 Å². The van der Waals surface area contributed by atoms with Crippen molar-refractivity contribution in [3.63, 3.8) is 0 Å². The van der Waals surface area contributed by atoms with Crippen molar-refractivity contribution in [2.24, 2.45) is 12.8 Å². The first-order valence-corrected chi connectivity index (χ1v) is 8.58. The Hall–Kier alpha value is -2.31. The topological polar surface area (TPSA) is 73.4 Å². The second-order valence-electron chi connectivity index (χ2n) is 6.50. The van der Waals surface area contributed by atoms with Gasteiger partial charge in [0.05, 0.1) is 0 Å². The van der Waals surface area contributed by atoms with Crippen molar-refractivity contribution in [1.29, 1.82) is 0 Å². The monoisotopic (exact) mass is 358 g/mol. The molecule has 2 aliphatic heterocycles. The van der Waals surface area contributed by atoms with Gasteiger partial charge in [-0.1, -0.05) is 11.6 Å². The second-order valence-corrected chi connectivity index (χ2v) is 6.93. The van der Waals surface area contributed by atoms with Crippen molar-refractivity contribution in [3.8, 4) is 5.75 Å². The number of primary amides is 1. The lowest BCUT2D eigenvalue weighted by atomic mass is 10.0. The predicted molar refractivity (Wildman–Crippen MR) is 95.6 cm³/mol. The second kappa shape index (κ2) is 6.20. The van der Waals surface area contributed by atoms with E-state index >= 15 is 0 Å². The van der Waals surface area contributed by atoms with E-state index in [9.17, 15) is 4.79 Å². The van der Waals surface area contributed by atoms with E-state index < -0.39 is 5.91 Å². The van der Waals surface area contributed by atoms with E-state index in [4.69, 9.17) is 22.1 Å². The normalized spacial score (nSPS) is 16.6. The number of nitrogens with zero attached hydrogens (tertiary/aromatic N) is 3.